The quantitative estimate of drug-likeness (QED) is 0.538. The van der Waals surface area contributed by atoms with Gasteiger partial charge in [-0.1, -0.05) is 6.42 Å². The highest BCUT2D eigenvalue weighted by atomic mass is 33.1. The Hall–Kier alpha value is 0.260. The van der Waals surface area contributed by atoms with Gasteiger partial charge in [-0.2, -0.15) is 0 Å². The van der Waals surface area contributed by atoms with Gasteiger partial charge in [0.25, 0.3) is 0 Å². The van der Waals surface area contributed by atoms with Gasteiger partial charge in [0.05, 0.1) is 16.6 Å². The van der Waals surface area contributed by atoms with Crippen molar-refractivity contribution in [1.29, 1.82) is 0 Å². The second-order valence-corrected chi connectivity index (χ2v) is 7.24. The molecule has 0 aromatic carbocycles. The van der Waals surface area contributed by atoms with Crippen molar-refractivity contribution in [3.63, 3.8) is 0 Å². The summed E-state index contributed by atoms with van der Waals surface area (Å²) in [6, 6.07) is 0. The fourth-order valence-corrected chi connectivity index (χ4v) is 6.63. The van der Waals surface area contributed by atoms with Crippen molar-refractivity contribution in [1.82, 2.24) is 0 Å². The third kappa shape index (κ3) is 1.02. The summed E-state index contributed by atoms with van der Waals surface area (Å²) in [6.45, 7) is 0. The van der Waals surface area contributed by atoms with Crippen LogP contribution < -0.4 is 0 Å². The molecule has 1 aliphatic heterocycles. The Morgan fingerprint density at radius 2 is 1.55 bits per heavy atom. The smallest absolute Gasteiger partial charge is 0.117 e. The zero-order chi connectivity index (χ0) is 8.01. The molecule has 5 atom stereocenters. The molecule has 64 valence electrons. The molecule has 1 saturated carbocycles. The van der Waals surface area contributed by atoms with Crippen LogP contribution >= 0.6 is 0 Å². The van der Waals surface area contributed by atoms with E-state index in [1.54, 1.807) is 0 Å². The minimum atomic E-state index is -1.28. The largest absolute Gasteiger partial charge is 0.391 e. The Morgan fingerprint density at radius 3 is 1.91 bits per heavy atom. The maximum atomic E-state index is 11.2. The molecule has 0 amide bonds. The van der Waals surface area contributed by atoms with Crippen LogP contribution in [-0.2, 0) is 19.7 Å². The number of aliphatic hydroxyl groups excluding tert-OH is 1. The predicted molar refractivity (Wildman–Crippen MR) is 43.7 cm³/mol. The average Bonchev–Trinajstić information content (AvgIpc) is 2.19. The van der Waals surface area contributed by atoms with Crippen LogP contribution in [0.15, 0.2) is 0 Å². The molecule has 3 unspecified atom stereocenters. The second-order valence-electron chi connectivity index (χ2n) is 3.02. The molecule has 0 aromatic rings. The van der Waals surface area contributed by atoms with Crippen LogP contribution in [0, 0.1) is 0 Å². The van der Waals surface area contributed by atoms with Crippen LogP contribution in [0.4, 0.5) is 0 Å². The van der Waals surface area contributed by atoms with Crippen molar-refractivity contribution in [3.8, 4) is 0 Å². The Balaban J connectivity index is 2.35. The van der Waals surface area contributed by atoms with E-state index in [1.807, 2.05) is 0 Å². The fourth-order valence-electron chi connectivity index (χ4n) is 1.76. The van der Waals surface area contributed by atoms with Gasteiger partial charge >= 0.3 is 0 Å². The summed E-state index contributed by atoms with van der Waals surface area (Å²) >= 11 is 0. The zero-order valence-electron chi connectivity index (χ0n) is 5.93. The normalized spacial score (nSPS) is 56.3. The van der Waals surface area contributed by atoms with E-state index in [-0.39, 0.29) is 10.5 Å². The van der Waals surface area contributed by atoms with Gasteiger partial charge in [0.15, 0.2) is 0 Å². The van der Waals surface area contributed by atoms with E-state index in [0.29, 0.717) is 0 Å². The molecule has 0 aromatic heterocycles. The average molecular weight is 194 g/mol. The van der Waals surface area contributed by atoms with Crippen LogP contribution in [0.5, 0.6) is 0 Å². The third-order valence-corrected chi connectivity index (χ3v) is 7.19. The molecule has 1 N–H and O–H groups in total. The number of rotatable bonds is 0. The maximum absolute atomic E-state index is 11.2. The monoisotopic (exact) mass is 194 g/mol. The van der Waals surface area contributed by atoms with Crippen LogP contribution in [0.1, 0.15) is 19.3 Å². The topological polar surface area (TPSA) is 54.4 Å². The summed E-state index contributed by atoms with van der Waals surface area (Å²) in [5.74, 6) is 0. The molecule has 2 bridgehead atoms. The van der Waals surface area contributed by atoms with Crippen molar-refractivity contribution in [2.45, 2.75) is 35.9 Å². The number of hydrogen-bond donors (Lipinski definition) is 1. The van der Waals surface area contributed by atoms with E-state index < -0.39 is 25.8 Å². The van der Waals surface area contributed by atoms with Crippen LogP contribution in [0.3, 0.4) is 0 Å². The highest BCUT2D eigenvalue weighted by molar-refractivity contribution is 8.62. The third-order valence-electron chi connectivity index (χ3n) is 2.40. The van der Waals surface area contributed by atoms with Gasteiger partial charge in [0, 0.05) is 0 Å². The Bertz CT molecular complexity index is 206. The van der Waals surface area contributed by atoms with Gasteiger partial charge in [-0.25, -0.2) is 8.42 Å². The highest BCUT2D eigenvalue weighted by Gasteiger charge is 2.49. The summed E-state index contributed by atoms with van der Waals surface area (Å²) in [6.07, 6.45) is 1.95. The molecule has 0 radical (unpaired) electrons. The first kappa shape index (κ1) is 7.89. The summed E-state index contributed by atoms with van der Waals surface area (Å²) in [7, 11) is -2.56. The van der Waals surface area contributed by atoms with Gasteiger partial charge in [0.2, 0.25) is 0 Å². The van der Waals surface area contributed by atoms with Crippen LogP contribution in [0.25, 0.3) is 0 Å². The van der Waals surface area contributed by atoms with Crippen molar-refractivity contribution in [2.24, 2.45) is 0 Å². The summed E-state index contributed by atoms with van der Waals surface area (Å²) < 4.78 is 22.5. The van der Waals surface area contributed by atoms with Gasteiger partial charge < -0.3 is 5.11 Å². The van der Waals surface area contributed by atoms with Crippen LogP contribution in [0.2, 0.25) is 0 Å². The SMILES string of the molecule is O=S1[C@@H]2CCC[C@@H](C2O)S1=O. The number of aliphatic hydroxyl groups is 1. The molecular formula is C6H10O3S2. The molecular weight excluding hydrogens is 184 g/mol. The molecule has 2 fully saturated rings. The minimum absolute atomic E-state index is 0.199. The summed E-state index contributed by atoms with van der Waals surface area (Å²) in [5, 5.41) is 9.06. The number of fused-ring (bicyclic) bond motifs is 2. The standard InChI is InChI=1S/C6H10O3S2/c7-6-4-2-1-3-5(6)11(9)10(4)8/h4-7H,1-3H2/t4-,5+,6?,10?,11?. The van der Waals surface area contributed by atoms with E-state index in [4.69, 9.17) is 0 Å². The van der Waals surface area contributed by atoms with Gasteiger partial charge in [0.1, 0.15) is 19.7 Å². The lowest BCUT2D eigenvalue weighted by Crippen LogP contribution is -2.34. The van der Waals surface area contributed by atoms with Crippen molar-refractivity contribution < 1.29 is 13.5 Å². The zero-order valence-corrected chi connectivity index (χ0v) is 7.57. The summed E-state index contributed by atoms with van der Waals surface area (Å²) in [5.41, 5.74) is 0. The Kier molecular flexibility index (Phi) is 1.89. The first-order valence-corrected chi connectivity index (χ1v) is 6.66. The first-order chi connectivity index (χ1) is 5.22. The van der Waals surface area contributed by atoms with Gasteiger partial charge in [-0.05, 0) is 12.8 Å². The molecule has 2 aliphatic rings. The lowest BCUT2D eigenvalue weighted by Gasteiger charge is -2.20. The molecule has 0 spiro atoms. The number of hydrogen-bond acceptors (Lipinski definition) is 3. The molecule has 1 saturated heterocycles. The Morgan fingerprint density at radius 1 is 1.09 bits per heavy atom. The van der Waals surface area contributed by atoms with Crippen molar-refractivity contribution in [3.05, 3.63) is 0 Å². The molecule has 3 nitrogen and oxygen atoms in total. The van der Waals surface area contributed by atoms with Crippen molar-refractivity contribution >= 4 is 19.7 Å². The van der Waals surface area contributed by atoms with Crippen LogP contribution in [-0.4, -0.2) is 30.1 Å². The molecule has 1 aliphatic carbocycles. The van der Waals surface area contributed by atoms with E-state index in [2.05, 4.69) is 0 Å². The summed E-state index contributed by atoms with van der Waals surface area (Å²) in [4.78, 5) is 0. The molecule has 11 heavy (non-hydrogen) atoms. The maximum Gasteiger partial charge on any atom is 0.117 e. The van der Waals surface area contributed by atoms with E-state index in [0.717, 1.165) is 19.3 Å². The minimum Gasteiger partial charge on any atom is -0.391 e. The van der Waals surface area contributed by atoms with Gasteiger partial charge in [-0.3, -0.25) is 0 Å². The lowest BCUT2D eigenvalue weighted by atomic mass is 9.97. The van der Waals surface area contributed by atoms with Gasteiger partial charge in [-0.15, -0.1) is 0 Å². The van der Waals surface area contributed by atoms with Crippen molar-refractivity contribution in [2.75, 3.05) is 0 Å². The molecule has 5 heteroatoms. The highest BCUT2D eigenvalue weighted by Crippen LogP contribution is 2.35. The first-order valence-electron chi connectivity index (χ1n) is 3.71. The molecule has 2 rings (SSSR count). The van der Waals surface area contributed by atoms with E-state index in [1.165, 1.54) is 0 Å². The second kappa shape index (κ2) is 2.64. The lowest BCUT2D eigenvalue weighted by molar-refractivity contribution is 0.145. The fraction of sp³-hybridized carbons (Fsp3) is 1.00. The molecule has 1 heterocycles. The van der Waals surface area contributed by atoms with E-state index in [9.17, 15) is 13.5 Å². The Labute approximate surface area is 69.5 Å². The van der Waals surface area contributed by atoms with E-state index >= 15 is 0 Å². The predicted octanol–water partition coefficient (Wildman–Crippen LogP) is -0.306.